The highest BCUT2D eigenvalue weighted by molar-refractivity contribution is 5.31. The first-order chi connectivity index (χ1) is 9.71. The van der Waals surface area contributed by atoms with E-state index in [4.69, 9.17) is 0 Å². The van der Waals surface area contributed by atoms with Crippen molar-refractivity contribution < 1.29 is 5.11 Å². The van der Waals surface area contributed by atoms with Crippen LogP contribution in [0.5, 0.6) is 0 Å². The number of aliphatic hydroxyl groups is 1. The van der Waals surface area contributed by atoms with Gasteiger partial charge in [-0.15, -0.1) is 0 Å². The van der Waals surface area contributed by atoms with Crippen LogP contribution in [0.25, 0.3) is 0 Å². The van der Waals surface area contributed by atoms with Crippen LogP contribution in [-0.2, 0) is 5.60 Å². The summed E-state index contributed by atoms with van der Waals surface area (Å²) in [4.78, 5) is 2.45. The number of benzene rings is 1. The summed E-state index contributed by atoms with van der Waals surface area (Å²) in [7, 11) is 0. The van der Waals surface area contributed by atoms with Crippen LogP contribution in [0.15, 0.2) is 24.3 Å². The molecule has 1 aliphatic heterocycles. The first-order valence-corrected chi connectivity index (χ1v) is 8.26. The third-order valence-corrected chi connectivity index (χ3v) is 5.35. The molecule has 2 heteroatoms. The lowest BCUT2D eigenvalue weighted by atomic mass is 9.78. The molecule has 1 aromatic carbocycles. The van der Waals surface area contributed by atoms with Crippen molar-refractivity contribution >= 4 is 0 Å². The van der Waals surface area contributed by atoms with E-state index in [2.05, 4.69) is 36.1 Å². The number of hydrogen-bond acceptors (Lipinski definition) is 2. The largest absolute Gasteiger partial charge is 0.385 e. The Morgan fingerprint density at radius 3 is 2.75 bits per heavy atom. The highest BCUT2D eigenvalue weighted by Crippen LogP contribution is 2.39. The predicted molar refractivity (Wildman–Crippen MR) is 82.9 cm³/mol. The summed E-state index contributed by atoms with van der Waals surface area (Å²) >= 11 is 0. The second kappa shape index (κ2) is 5.87. The zero-order chi connectivity index (χ0) is 14.0. The summed E-state index contributed by atoms with van der Waals surface area (Å²) < 4.78 is 0. The minimum atomic E-state index is -0.607. The van der Waals surface area contributed by atoms with Crippen LogP contribution in [0.4, 0.5) is 0 Å². The minimum Gasteiger partial charge on any atom is -0.385 e. The Balaban J connectivity index is 1.79. The summed E-state index contributed by atoms with van der Waals surface area (Å²) in [6, 6.07) is 8.80. The summed E-state index contributed by atoms with van der Waals surface area (Å²) in [5.41, 5.74) is 1.99. The molecule has 20 heavy (non-hydrogen) atoms. The zero-order valence-corrected chi connectivity index (χ0v) is 12.6. The van der Waals surface area contributed by atoms with Gasteiger partial charge in [-0.25, -0.2) is 0 Å². The molecule has 0 bridgehead atoms. The average Bonchev–Trinajstić information content (AvgIpc) is 2.60. The van der Waals surface area contributed by atoms with Crippen molar-refractivity contribution in [2.75, 3.05) is 19.6 Å². The maximum absolute atomic E-state index is 11.1. The smallest absolute Gasteiger partial charge is 0.0909 e. The van der Waals surface area contributed by atoms with Gasteiger partial charge in [0.15, 0.2) is 0 Å². The normalized spacial score (nSPS) is 28.9. The molecule has 2 aliphatic rings. The predicted octanol–water partition coefficient (Wildman–Crippen LogP) is 3.65. The molecule has 1 saturated heterocycles. The minimum absolute atomic E-state index is 0.607. The third kappa shape index (κ3) is 2.77. The maximum Gasteiger partial charge on any atom is 0.0909 e. The Kier molecular flexibility index (Phi) is 4.13. The van der Waals surface area contributed by atoms with Gasteiger partial charge in [0.2, 0.25) is 0 Å². The molecule has 0 spiro atoms. The lowest BCUT2D eigenvalue weighted by molar-refractivity contribution is 0.0212. The van der Waals surface area contributed by atoms with Gasteiger partial charge in [-0.2, -0.15) is 0 Å². The molecule has 1 aromatic rings. The molecule has 1 atom stereocenters. The molecule has 1 unspecified atom stereocenters. The van der Waals surface area contributed by atoms with Crippen molar-refractivity contribution in [2.24, 2.45) is 0 Å². The Morgan fingerprint density at radius 2 is 2.05 bits per heavy atom. The number of hydrogen-bond donors (Lipinski definition) is 1. The van der Waals surface area contributed by atoms with E-state index in [1.54, 1.807) is 0 Å². The van der Waals surface area contributed by atoms with E-state index in [1.165, 1.54) is 24.8 Å². The van der Waals surface area contributed by atoms with Gasteiger partial charge in [-0.05, 0) is 62.2 Å². The second-order valence-corrected chi connectivity index (χ2v) is 6.57. The Bertz CT molecular complexity index is 454. The average molecular weight is 273 g/mol. The van der Waals surface area contributed by atoms with Crippen molar-refractivity contribution in [3.8, 4) is 0 Å². The fourth-order valence-corrected chi connectivity index (χ4v) is 3.60. The van der Waals surface area contributed by atoms with Crippen LogP contribution in [-0.4, -0.2) is 29.6 Å². The quantitative estimate of drug-likeness (QED) is 0.908. The molecular weight excluding hydrogens is 246 g/mol. The van der Waals surface area contributed by atoms with Gasteiger partial charge in [-0.3, -0.25) is 0 Å². The fraction of sp³-hybridized carbons (Fsp3) is 0.667. The molecule has 1 heterocycles. The molecule has 0 aromatic heterocycles. The Hall–Kier alpha value is -0.860. The molecule has 1 N–H and O–H groups in total. The number of nitrogens with zero attached hydrogens (tertiary/aromatic N) is 1. The monoisotopic (exact) mass is 273 g/mol. The van der Waals surface area contributed by atoms with Gasteiger partial charge >= 0.3 is 0 Å². The van der Waals surface area contributed by atoms with Gasteiger partial charge < -0.3 is 10.0 Å². The summed E-state index contributed by atoms with van der Waals surface area (Å²) in [5.74, 6) is 0.747. The van der Waals surface area contributed by atoms with Gasteiger partial charge in [-0.1, -0.05) is 37.6 Å². The summed E-state index contributed by atoms with van der Waals surface area (Å²) in [6.45, 7) is 5.45. The Morgan fingerprint density at radius 1 is 1.20 bits per heavy atom. The fourth-order valence-electron chi connectivity index (χ4n) is 3.60. The van der Waals surface area contributed by atoms with Crippen molar-refractivity contribution in [1.29, 1.82) is 0 Å². The molecular formula is C18H27NO. The van der Waals surface area contributed by atoms with E-state index in [0.29, 0.717) is 0 Å². The molecule has 0 radical (unpaired) electrons. The highest BCUT2D eigenvalue weighted by atomic mass is 16.3. The number of rotatable bonds is 3. The second-order valence-electron chi connectivity index (χ2n) is 6.57. The Labute approximate surface area is 122 Å². The van der Waals surface area contributed by atoms with Crippen molar-refractivity contribution in [1.82, 2.24) is 4.90 Å². The van der Waals surface area contributed by atoms with Crippen LogP contribution < -0.4 is 0 Å². The standard InChI is InChI=1S/C18H27NO/c1-2-19-12-5-10-18(20,11-13-19)17-9-4-8-16(14-17)15-6-3-7-15/h4,8-9,14-15,20H,2-3,5-7,10-13H2,1H3. The van der Waals surface area contributed by atoms with Gasteiger partial charge in [0.1, 0.15) is 0 Å². The van der Waals surface area contributed by atoms with Crippen LogP contribution in [0, 0.1) is 0 Å². The van der Waals surface area contributed by atoms with E-state index in [9.17, 15) is 5.11 Å². The van der Waals surface area contributed by atoms with Crippen molar-refractivity contribution in [3.63, 3.8) is 0 Å². The third-order valence-electron chi connectivity index (χ3n) is 5.35. The van der Waals surface area contributed by atoms with Crippen molar-refractivity contribution in [2.45, 2.75) is 57.0 Å². The molecule has 1 saturated carbocycles. The lowest BCUT2D eigenvalue weighted by Gasteiger charge is -2.30. The summed E-state index contributed by atoms with van der Waals surface area (Å²) in [5, 5.41) is 11.1. The van der Waals surface area contributed by atoms with E-state index in [1.807, 2.05) is 0 Å². The topological polar surface area (TPSA) is 23.5 Å². The highest BCUT2D eigenvalue weighted by Gasteiger charge is 2.32. The molecule has 1 aliphatic carbocycles. The summed E-state index contributed by atoms with van der Waals surface area (Å²) in [6.07, 6.45) is 6.88. The van der Waals surface area contributed by atoms with Crippen LogP contribution in [0.1, 0.15) is 62.5 Å². The molecule has 0 amide bonds. The SMILES string of the molecule is CCN1CCCC(O)(c2cccc(C3CCC3)c2)CC1. The van der Waals surface area contributed by atoms with Gasteiger partial charge in [0, 0.05) is 6.54 Å². The maximum atomic E-state index is 11.1. The number of likely N-dealkylation sites (tertiary alicyclic amines) is 1. The van der Waals surface area contributed by atoms with Crippen LogP contribution in [0.2, 0.25) is 0 Å². The van der Waals surface area contributed by atoms with E-state index in [0.717, 1.165) is 50.4 Å². The zero-order valence-electron chi connectivity index (χ0n) is 12.6. The van der Waals surface area contributed by atoms with E-state index < -0.39 is 5.60 Å². The van der Waals surface area contributed by atoms with E-state index in [-0.39, 0.29) is 0 Å². The van der Waals surface area contributed by atoms with E-state index >= 15 is 0 Å². The molecule has 3 rings (SSSR count). The molecule has 110 valence electrons. The lowest BCUT2D eigenvalue weighted by Crippen LogP contribution is -2.29. The van der Waals surface area contributed by atoms with Crippen LogP contribution in [0.3, 0.4) is 0 Å². The molecule has 2 nitrogen and oxygen atoms in total. The van der Waals surface area contributed by atoms with Crippen molar-refractivity contribution in [3.05, 3.63) is 35.4 Å². The van der Waals surface area contributed by atoms with Crippen LogP contribution >= 0.6 is 0 Å². The molecule has 2 fully saturated rings. The first kappa shape index (κ1) is 14.1. The first-order valence-electron chi connectivity index (χ1n) is 8.26. The van der Waals surface area contributed by atoms with Gasteiger partial charge in [0.05, 0.1) is 5.60 Å². The van der Waals surface area contributed by atoms with Gasteiger partial charge in [0.25, 0.3) is 0 Å².